The number of hydrogen-bond donors (Lipinski definition) is 1. The molecule has 0 saturated heterocycles. The first kappa shape index (κ1) is 15.0. The molecule has 2 aromatic rings. The van der Waals surface area contributed by atoms with Crippen LogP contribution in [0.4, 0.5) is 16.2 Å². The quantitative estimate of drug-likeness (QED) is 0.606. The van der Waals surface area contributed by atoms with Gasteiger partial charge in [0.15, 0.2) is 0 Å². The maximum Gasteiger partial charge on any atom is 0.329 e. The molecule has 0 saturated carbocycles. The van der Waals surface area contributed by atoms with Gasteiger partial charge >= 0.3 is 6.03 Å². The van der Waals surface area contributed by atoms with Gasteiger partial charge in [-0.1, -0.05) is 71.2 Å². The molecule has 6 heteroatoms. The van der Waals surface area contributed by atoms with E-state index in [1.807, 2.05) is 12.1 Å². The van der Waals surface area contributed by atoms with Gasteiger partial charge in [-0.3, -0.25) is 0 Å². The molecule has 0 aliphatic heterocycles. The minimum Gasteiger partial charge on any atom is -0.307 e. The zero-order chi connectivity index (χ0) is 14.6. The number of halogens is 3. The first-order valence-corrected chi connectivity index (χ1v) is 6.90. The number of anilines is 2. The van der Waals surface area contributed by atoms with Gasteiger partial charge in [0.25, 0.3) is 3.92 Å². The Morgan fingerprint density at radius 2 is 1.40 bits per heavy atom. The SMILES string of the molecule is O=C(Nc1ccccc1)N(c1ccccc1)C(Cl)(Cl)Cl. The fourth-order valence-corrected chi connectivity index (χ4v) is 2.18. The van der Waals surface area contributed by atoms with Gasteiger partial charge in [0.05, 0.1) is 0 Å². The zero-order valence-electron chi connectivity index (χ0n) is 10.3. The average molecular weight is 330 g/mol. The molecule has 0 aromatic heterocycles. The van der Waals surface area contributed by atoms with Gasteiger partial charge in [-0.05, 0) is 24.3 Å². The largest absolute Gasteiger partial charge is 0.329 e. The number of hydrogen-bond acceptors (Lipinski definition) is 1. The highest BCUT2D eigenvalue weighted by Gasteiger charge is 2.35. The molecule has 0 fully saturated rings. The third-order valence-corrected chi connectivity index (χ3v) is 3.00. The average Bonchev–Trinajstić information content (AvgIpc) is 2.39. The second-order valence-electron chi connectivity index (χ2n) is 3.93. The summed E-state index contributed by atoms with van der Waals surface area (Å²) in [5.41, 5.74) is 1.11. The van der Waals surface area contributed by atoms with Crippen molar-refractivity contribution < 1.29 is 4.79 Å². The molecule has 104 valence electrons. The van der Waals surface area contributed by atoms with Crippen LogP contribution in [0.1, 0.15) is 0 Å². The van der Waals surface area contributed by atoms with E-state index in [9.17, 15) is 4.79 Å². The zero-order valence-corrected chi connectivity index (χ0v) is 12.5. The highest BCUT2D eigenvalue weighted by Crippen LogP contribution is 2.35. The van der Waals surface area contributed by atoms with Crippen LogP contribution in [-0.2, 0) is 0 Å². The van der Waals surface area contributed by atoms with E-state index in [-0.39, 0.29) is 0 Å². The van der Waals surface area contributed by atoms with Crippen LogP contribution in [0.5, 0.6) is 0 Å². The van der Waals surface area contributed by atoms with Gasteiger partial charge in [0.1, 0.15) is 0 Å². The molecule has 0 atom stereocenters. The van der Waals surface area contributed by atoms with Gasteiger partial charge < -0.3 is 5.32 Å². The van der Waals surface area contributed by atoms with Crippen molar-refractivity contribution >= 4 is 52.2 Å². The fourth-order valence-electron chi connectivity index (χ4n) is 1.66. The molecule has 0 radical (unpaired) electrons. The highest BCUT2D eigenvalue weighted by molar-refractivity contribution is 6.69. The van der Waals surface area contributed by atoms with Gasteiger partial charge in [-0.2, -0.15) is 0 Å². The first-order chi connectivity index (χ1) is 9.48. The summed E-state index contributed by atoms with van der Waals surface area (Å²) in [5.74, 6) is 0. The monoisotopic (exact) mass is 328 g/mol. The first-order valence-electron chi connectivity index (χ1n) is 5.76. The molecule has 1 N–H and O–H groups in total. The van der Waals surface area contributed by atoms with Crippen LogP contribution in [0, 0.1) is 0 Å². The predicted molar refractivity (Wildman–Crippen MR) is 84.7 cm³/mol. The van der Waals surface area contributed by atoms with Crippen LogP contribution in [0.25, 0.3) is 0 Å². The van der Waals surface area contributed by atoms with Crippen LogP contribution in [0.2, 0.25) is 0 Å². The van der Waals surface area contributed by atoms with E-state index in [4.69, 9.17) is 34.8 Å². The lowest BCUT2D eigenvalue weighted by Crippen LogP contribution is -2.43. The van der Waals surface area contributed by atoms with Crippen molar-refractivity contribution in [2.45, 2.75) is 3.92 Å². The Bertz CT molecular complexity index is 570. The van der Waals surface area contributed by atoms with E-state index in [2.05, 4.69) is 5.32 Å². The lowest BCUT2D eigenvalue weighted by atomic mass is 10.3. The molecule has 0 aliphatic carbocycles. The number of rotatable bonds is 2. The summed E-state index contributed by atoms with van der Waals surface area (Å²) < 4.78 is -1.89. The maximum absolute atomic E-state index is 12.3. The second kappa shape index (κ2) is 6.35. The number of para-hydroxylation sites is 2. The number of carbonyl (C=O) groups is 1. The van der Waals surface area contributed by atoms with Crippen molar-refractivity contribution in [3.8, 4) is 0 Å². The molecule has 0 unspecified atom stereocenters. The van der Waals surface area contributed by atoms with Gasteiger partial charge in [-0.25, -0.2) is 9.69 Å². The molecule has 0 bridgehead atoms. The maximum atomic E-state index is 12.3. The van der Waals surface area contributed by atoms with Crippen molar-refractivity contribution in [3.63, 3.8) is 0 Å². The Balaban J connectivity index is 2.26. The Kier molecular flexibility index (Phi) is 4.76. The van der Waals surface area contributed by atoms with E-state index in [1.165, 1.54) is 0 Å². The third-order valence-electron chi connectivity index (χ3n) is 2.50. The summed E-state index contributed by atoms with van der Waals surface area (Å²) in [4.78, 5) is 13.4. The third kappa shape index (κ3) is 3.79. The Morgan fingerprint density at radius 1 is 0.900 bits per heavy atom. The predicted octanol–water partition coefficient (Wildman–Crippen LogP) is 5.05. The van der Waals surface area contributed by atoms with Crippen molar-refractivity contribution in [1.82, 2.24) is 0 Å². The Morgan fingerprint density at radius 3 is 1.90 bits per heavy atom. The lowest BCUT2D eigenvalue weighted by Gasteiger charge is -2.29. The number of nitrogens with zero attached hydrogens (tertiary/aromatic N) is 1. The summed E-state index contributed by atoms with van der Waals surface area (Å²) >= 11 is 17.7. The summed E-state index contributed by atoms with van der Waals surface area (Å²) in [5, 5.41) is 2.68. The highest BCUT2D eigenvalue weighted by atomic mass is 35.6. The molecule has 3 nitrogen and oxygen atoms in total. The van der Waals surface area contributed by atoms with Crippen LogP contribution in [0.3, 0.4) is 0 Å². The van der Waals surface area contributed by atoms with Crippen molar-refractivity contribution in [2.75, 3.05) is 10.2 Å². The smallest absolute Gasteiger partial charge is 0.307 e. The molecule has 0 aliphatic rings. The van der Waals surface area contributed by atoms with Crippen LogP contribution in [0.15, 0.2) is 60.7 Å². The number of benzene rings is 2. The molecule has 2 rings (SSSR count). The van der Waals surface area contributed by atoms with E-state index in [1.54, 1.807) is 48.5 Å². The molecule has 20 heavy (non-hydrogen) atoms. The van der Waals surface area contributed by atoms with Crippen LogP contribution >= 0.6 is 34.8 Å². The van der Waals surface area contributed by atoms with Crippen LogP contribution < -0.4 is 10.2 Å². The van der Waals surface area contributed by atoms with Crippen LogP contribution in [-0.4, -0.2) is 9.95 Å². The number of amides is 2. The number of urea groups is 1. The fraction of sp³-hybridized carbons (Fsp3) is 0.0714. The normalized spacial score (nSPS) is 10.9. The van der Waals surface area contributed by atoms with Crippen molar-refractivity contribution in [2.24, 2.45) is 0 Å². The van der Waals surface area contributed by atoms with E-state index >= 15 is 0 Å². The van der Waals surface area contributed by atoms with Crippen molar-refractivity contribution in [1.29, 1.82) is 0 Å². The summed E-state index contributed by atoms with van der Waals surface area (Å²) in [6, 6.07) is 17.1. The van der Waals surface area contributed by atoms with E-state index in [0.717, 1.165) is 4.90 Å². The summed E-state index contributed by atoms with van der Waals surface area (Å²) in [7, 11) is 0. The second-order valence-corrected chi connectivity index (χ2v) is 6.16. The number of alkyl halides is 3. The Hall–Kier alpha value is -1.42. The molecule has 0 spiro atoms. The lowest BCUT2D eigenvalue weighted by molar-refractivity contribution is 0.257. The molecular weight excluding hydrogens is 319 g/mol. The minimum absolute atomic E-state index is 0.487. The number of carbonyl (C=O) groups excluding carboxylic acids is 1. The van der Waals surface area contributed by atoms with E-state index < -0.39 is 9.95 Å². The van der Waals surface area contributed by atoms with E-state index in [0.29, 0.717) is 11.4 Å². The van der Waals surface area contributed by atoms with Crippen molar-refractivity contribution in [3.05, 3.63) is 60.7 Å². The molecular formula is C14H11Cl3N2O. The standard InChI is InChI=1S/C14H11Cl3N2O/c15-14(16,17)19(12-9-5-2-6-10-12)13(20)18-11-7-3-1-4-8-11/h1-10H,(H,18,20). The molecule has 2 amide bonds. The summed E-state index contributed by atoms with van der Waals surface area (Å²) in [6.45, 7) is 0. The molecule has 2 aromatic carbocycles. The number of nitrogens with one attached hydrogen (secondary N) is 1. The van der Waals surface area contributed by atoms with Gasteiger partial charge in [-0.15, -0.1) is 0 Å². The Labute approximate surface area is 132 Å². The topological polar surface area (TPSA) is 32.3 Å². The summed E-state index contributed by atoms with van der Waals surface area (Å²) in [6.07, 6.45) is 0. The van der Waals surface area contributed by atoms with Gasteiger partial charge in [0.2, 0.25) is 0 Å². The minimum atomic E-state index is -1.89. The molecule has 0 heterocycles. The van der Waals surface area contributed by atoms with Gasteiger partial charge in [0, 0.05) is 11.4 Å².